The van der Waals surface area contributed by atoms with Crippen LogP contribution in [0.2, 0.25) is 0 Å². The molecule has 7 fully saturated rings. The van der Waals surface area contributed by atoms with Crippen LogP contribution in [0.25, 0.3) is 0 Å². The maximum atomic E-state index is 12.5. The average Bonchev–Trinajstić information content (AvgIpc) is 0.806. The van der Waals surface area contributed by atoms with E-state index in [2.05, 4.69) is 6.92 Å². The Labute approximate surface area is 553 Å². The minimum absolute atomic E-state index is 0. The molecule has 0 amide bonds. The maximum absolute atomic E-state index is 12.5. The lowest BCUT2D eigenvalue weighted by molar-refractivity contribution is -0.211. The smallest absolute Gasteiger partial charge is 0.344 e. The first-order chi connectivity index (χ1) is 38.2. The predicted molar refractivity (Wildman–Crippen MR) is 367 cm³/mol. The molecule has 0 aromatic rings. The van der Waals surface area contributed by atoms with Gasteiger partial charge in [0, 0.05) is 0 Å². The van der Waals surface area contributed by atoms with E-state index in [1.807, 2.05) is 90.0 Å². The third kappa shape index (κ3) is 30.2. The first-order valence-electron chi connectivity index (χ1n) is 31.7. The average molecular weight is 1290 g/mol. The lowest BCUT2D eigenvalue weighted by Gasteiger charge is -2.60. The zero-order valence-corrected chi connectivity index (χ0v) is 54.1. The molecule has 7 aliphatic rings. The lowest BCUT2D eigenvalue weighted by atomic mass is 9.49. The summed E-state index contributed by atoms with van der Waals surface area (Å²) < 4.78 is 43.0. The van der Waals surface area contributed by atoms with E-state index in [9.17, 15) is 38.4 Å². The highest BCUT2D eigenvalue weighted by molar-refractivity contribution is 5.81. The van der Waals surface area contributed by atoms with Crippen LogP contribution in [0.1, 0.15) is 337 Å². The van der Waals surface area contributed by atoms with E-state index in [0.717, 1.165) is 102 Å². The molecule has 0 aromatic heterocycles. The molecule has 4 bridgehead atoms. The number of esters is 8. The Morgan fingerprint density at radius 1 is 0.344 bits per heavy atom. The third-order valence-electron chi connectivity index (χ3n) is 19.4. The number of carbonyl (C=O) groups excluding carboxylic acids is 8. The Balaban J connectivity index is -0.000000256. The molecule has 90 heavy (non-hydrogen) atoms. The molecule has 16 nitrogen and oxygen atoms in total. The summed E-state index contributed by atoms with van der Waals surface area (Å²) in [6.45, 7) is 30.1. The van der Waals surface area contributed by atoms with Gasteiger partial charge in [-0.3, -0.25) is 28.8 Å². The zero-order valence-electron chi connectivity index (χ0n) is 54.1. The molecule has 0 saturated heterocycles. The largest absolute Gasteiger partial charge is 0.465 e. The molecular formula is C74H144O16. The molecule has 16 heteroatoms. The molecule has 0 spiro atoms. The fourth-order valence-electron chi connectivity index (χ4n) is 12.1. The summed E-state index contributed by atoms with van der Waals surface area (Å²) in [5.41, 5.74) is -3.37. The summed E-state index contributed by atoms with van der Waals surface area (Å²) in [5.74, 6) is 0.269. The molecule has 7 aliphatic carbocycles. The van der Waals surface area contributed by atoms with E-state index in [-0.39, 0.29) is 157 Å². The van der Waals surface area contributed by atoms with Crippen LogP contribution >= 0.6 is 0 Å². The molecule has 0 atom stereocenters. The molecule has 0 radical (unpaired) electrons. The normalized spacial score (nSPS) is 21.8. The molecule has 7 rings (SSSR count). The first-order valence-corrected chi connectivity index (χ1v) is 31.7. The van der Waals surface area contributed by atoms with E-state index in [1.165, 1.54) is 44.9 Å². The van der Waals surface area contributed by atoms with Gasteiger partial charge in [-0.05, 0) is 241 Å². The fraction of sp³-hybridized carbons (Fsp3) is 0.892. The lowest BCUT2D eigenvalue weighted by Crippen LogP contribution is -2.59. The van der Waals surface area contributed by atoms with Gasteiger partial charge < -0.3 is 37.9 Å². The van der Waals surface area contributed by atoms with Gasteiger partial charge in [-0.1, -0.05) is 107 Å². The second-order valence-electron chi connectivity index (χ2n) is 28.1. The van der Waals surface area contributed by atoms with Crippen LogP contribution in [0.5, 0.6) is 0 Å². The highest BCUT2D eigenvalue weighted by atomic mass is 16.6. The topological polar surface area (TPSA) is 210 Å². The fourth-order valence-corrected chi connectivity index (χ4v) is 12.1. The minimum atomic E-state index is -0.547. The van der Waals surface area contributed by atoms with Crippen molar-refractivity contribution < 1.29 is 76.3 Å². The van der Waals surface area contributed by atoms with Crippen molar-refractivity contribution in [3.63, 3.8) is 0 Å². The maximum Gasteiger partial charge on any atom is 0.344 e. The van der Waals surface area contributed by atoms with Gasteiger partial charge in [-0.15, -0.1) is 0 Å². The molecule has 7 saturated carbocycles. The van der Waals surface area contributed by atoms with Crippen molar-refractivity contribution in [2.24, 2.45) is 45.3 Å². The van der Waals surface area contributed by atoms with Gasteiger partial charge in [-0.25, -0.2) is 9.59 Å². The van der Waals surface area contributed by atoms with Crippen molar-refractivity contribution in [2.75, 3.05) is 26.4 Å². The third-order valence-corrected chi connectivity index (χ3v) is 19.4. The van der Waals surface area contributed by atoms with Gasteiger partial charge in [0.25, 0.3) is 0 Å². The van der Waals surface area contributed by atoms with Gasteiger partial charge in [0.15, 0.2) is 13.2 Å². The van der Waals surface area contributed by atoms with Crippen LogP contribution in [0, 0.1) is 45.3 Å². The van der Waals surface area contributed by atoms with Gasteiger partial charge in [0.05, 0.1) is 34.5 Å². The standard InChI is InChI=1S/C21H34O4.C16H28O4.C15H26O4.C14H24O4.8CH4/c1-5-20(3,4)19(23)24-8-7-18(22)25-21(6-2)16-10-14-9-15(12-16)13-17(21)11-14;1-5-15(2,3)14(18)19-12-9-13(17)20-16(4)10-7-6-8-11-16;1-5-14(2,3)13(17)18-11-12(16)19-15(4)9-7-6-8-10-15;1-5-13(2,3)12(16)17-10-11(15)18-14(4)8-6-7-9-14;;;;;;;;/h14-17H,5-13H2,1-4H3;5-12H2,1-4H3;5-11H2,1-4H3;5-10H2,1-4H3;8*1H4. The molecule has 0 N–H and O–H groups in total. The highest BCUT2D eigenvalue weighted by Gasteiger charge is 2.58. The van der Waals surface area contributed by atoms with Crippen LogP contribution in [0.4, 0.5) is 0 Å². The van der Waals surface area contributed by atoms with Gasteiger partial charge in [0.1, 0.15) is 35.6 Å². The van der Waals surface area contributed by atoms with Crippen molar-refractivity contribution in [3.8, 4) is 0 Å². The second-order valence-corrected chi connectivity index (χ2v) is 28.1. The number of ether oxygens (including phenoxy) is 8. The summed E-state index contributed by atoms with van der Waals surface area (Å²) in [4.78, 5) is 94.8. The Kier molecular flexibility index (Phi) is 46.1. The molecule has 0 heterocycles. The minimum Gasteiger partial charge on any atom is -0.465 e. The Bertz CT molecular complexity index is 2060. The molecular weight excluding hydrogens is 1140 g/mol. The van der Waals surface area contributed by atoms with Crippen molar-refractivity contribution in [1.82, 2.24) is 0 Å². The summed E-state index contributed by atoms with van der Waals surface area (Å²) in [6, 6.07) is 0. The summed E-state index contributed by atoms with van der Waals surface area (Å²) in [5, 5.41) is 0. The first kappa shape index (κ1) is 96.8. The quantitative estimate of drug-likeness (QED) is 0.0688. The van der Waals surface area contributed by atoms with Crippen molar-refractivity contribution in [3.05, 3.63) is 0 Å². The van der Waals surface area contributed by atoms with E-state index in [4.69, 9.17) is 37.9 Å². The van der Waals surface area contributed by atoms with Crippen molar-refractivity contribution in [1.29, 1.82) is 0 Å². The van der Waals surface area contributed by atoms with Crippen LogP contribution in [0.15, 0.2) is 0 Å². The van der Waals surface area contributed by atoms with Crippen molar-refractivity contribution >= 4 is 47.8 Å². The van der Waals surface area contributed by atoms with E-state index in [1.54, 1.807) is 13.8 Å². The van der Waals surface area contributed by atoms with Crippen LogP contribution in [0.3, 0.4) is 0 Å². The summed E-state index contributed by atoms with van der Waals surface area (Å²) >= 11 is 0. The Morgan fingerprint density at radius 3 is 0.856 bits per heavy atom. The van der Waals surface area contributed by atoms with Crippen LogP contribution in [-0.2, 0) is 76.3 Å². The number of hydrogen-bond donors (Lipinski definition) is 0. The summed E-state index contributed by atoms with van der Waals surface area (Å²) in [7, 11) is 0. The Hall–Kier alpha value is -4.24. The Morgan fingerprint density at radius 2 is 0.589 bits per heavy atom. The second kappa shape index (κ2) is 42.9. The molecule has 0 unspecified atom stereocenters. The number of carbonyl (C=O) groups is 8. The molecule has 536 valence electrons. The molecule has 0 aliphatic heterocycles. The highest BCUT2D eigenvalue weighted by Crippen LogP contribution is 2.60. The molecule has 0 aromatic carbocycles. The van der Waals surface area contributed by atoms with Gasteiger partial charge in [0.2, 0.25) is 0 Å². The van der Waals surface area contributed by atoms with E-state index in [0.29, 0.717) is 31.1 Å². The van der Waals surface area contributed by atoms with Crippen LogP contribution in [-0.4, -0.2) is 96.6 Å². The number of hydrogen-bond acceptors (Lipinski definition) is 16. The monoisotopic (exact) mass is 1290 g/mol. The zero-order chi connectivity index (χ0) is 61.8. The van der Waals surface area contributed by atoms with Gasteiger partial charge in [-0.2, -0.15) is 0 Å². The summed E-state index contributed by atoms with van der Waals surface area (Å²) in [6.07, 6.45) is 24.8. The van der Waals surface area contributed by atoms with Crippen molar-refractivity contribution in [2.45, 2.75) is 360 Å². The van der Waals surface area contributed by atoms with E-state index < -0.39 is 33.6 Å². The van der Waals surface area contributed by atoms with E-state index >= 15 is 0 Å². The SMILES string of the molecule is C.C.C.C.C.C.C.C.CCC(C)(C)C(=O)OCC(=O)OC1(C)CCCC1.CCC(C)(C)C(=O)OCC(=O)OC1(C)CCCCC1.CCC(C)(C)C(=O)OCCC(=O)OC1(C)CCCCC1.CCC(C)(C)C(=O)OCCC(=O)OC1(CC)C2CC3CC(C2)CC1C3. The number of rotatable bonds is 23. The van der Waals surface area contributed by atoms with Crippen LogP contribution < -0.4 is 0 Å². The van der Waals surface area contributed by atoms with Gasteiger partial charge >= 0.3 is 47.8 Å². The predicted octanol–water partition coefficient (Wildman–Crippen LogP) is 19.3.